The third kappa shape index (κ3) is 5.00. The van der Waals surface area contributed by atoms with Crippen LogP contribution in [0.1, 0.15) is 48.0 Å². The van der Waals surface area contributed by atoms with E-state index >= 15 is 0 Å². The average molecular weight is 396 g/mol. The second-order valence-electron chi connectivity index (χ2n) is 8.48. The number of nitrogens with zero attached hydrogens (tertiary/aromatic N) is 1. The van der Waals surface area contributed by atoms with Gasteiger partial charge < -0.3 is 13.4 Å². The average Bonchev–Trinajstić information content (AvgIpc) is 2.60. The third-order valence-electron chi connectivity index (χ3n) is 6.19. The molecule has 0 radical (unpaired) electrons. The summed E-state index contributed by atoms with van der Waals surface area (Å²) in [6.07, 6.45) is 1.11. The SMILES string of the molecule is CO[Si](C)(CCCN(c1ccccc1)[Si](C(C)C)(C(C)C)C(C)C)OC. The Kier molecular flexibility index (Phi) is 9.06. The summed E-state index contributed by atoms with van der Waals surface area (Å²) in [7, 11) is -0.181. The summed E-state index contributed by atoms with van der Waals surface area (Å²) in [6.45, 7) is 17.9. The number of hydrogen-bond acceptors (Lipinski definition) is 3. The van der Waals surface area contributed by atoms with E-state index in [1.54, 1.807) is 14.2 Å². The van der Waals surface area contributed by atoms with Crippen LogP contribution >= 0.6 is 0 Å². The van der Waals surface area contributed by atoms with Gasteiger partial charge >= 0.3 is 8.56 Å². The van der Waals surface area contributed by atoms with Crippen LogP contribution in [-0.4, -0.2) is 37.6 Å². The highest BCUT2D eigenvalue weighted by atomic mass is 28.4. The number of benzene rings is 1. The number of anilines is 1. The van der Waals surface area contributed by atoms with Gasteiger partial charge in [0.25, 0.3) is 0 Å². The van der Waals surface area contributed by atoms with Gasteiger partial charge in [-0.25, -0.2) is 0 Å². The van der Waals surface area contributed by atoms with E-state index in [2.05, 4.69) is 83.0 Å². The maximum atomic E-state index is 5.71. The molecule has 0 saturated carbocycles. The Morgan fingerprint density at radius 1 is 0.846 bits per heavy atom. The molecule has 0 spiro atoms. The van der Waals surface area contributed by atoms with Gasteiger partial charge in [0.1, 0.15) is 0 Å². The van der Waals surface area contributed by atoms with E-state index < -0.39 is 16.8 Å². The molecule has 0 aromatic heterocycles. The predicted octanol–water partition coefficient (Wildman–Crippen LogP) is 6.42. The quantitative estimate of drug-likeness (QED) is 0.403. The van der Waals surface area contributed by atoms with Gasteiger partial charge in [-0.2, -0.15) is 0 Å². The molecular formula is C21H41NO2Si2. The third-order valence-corrected chi connectivity index (χ3v) is 16.1. The highest BCUT2D eigenvalue weighted by Crippen LogP contribution is 2.46. The number of para-hydroxylation sites is 1. The maximum absolute atomic E-state index is 5.71. The van der Waals surface area contributed by atoms with Crippen molar-refractivity contribution in [2.75, 3.05) is 25.3 Å². The molecule has 0 N–H and O–H groups in total. The molecule has 0 unspecified atom stereocenters. The van der Waals surface area contributed by atoms with E-state index in [4.69, 9.17) is 8.85 Å². The molecule has 3 nitrogen and oxygen atoms in total. The molecule has 1 aromatic rings. The normalized spacial score (nSPS) is 13.1. The Bertz CT molecular complexity index is 494. The lowest BCUT2D eigenvalue weighted by Crippen LogP contribution is -2.61. The van der Waals surface area contributed by atoms with E-state index in [1.165, 1.54) is 5.69 Å². The van der Waals surface area contributed by atoms with Crippen molar-refractivity contribution in [3.8, 4) is 0 Å². The topological polar surface area (TPSA) is 21.7 Å². The molecule has 0 aliphatic heterocycles. The number of rotatable bonds is 11. The van der Waals surface area contributed by atoms with Crippen molar-refractivity contribution >= 4 is 22.5 Å². The lowest BCUT2D eigenvalue weighted by atomic mass is 10.3. The van der Waals surface area contributed by atoms with Crippen molar-refractivity contribution in [1.82, 2.24) is 0 Å². The van der Waals surface area contributed by atoms with Crippen molar-refractivity contribution in [2.24, 2.45) is 0 Å². The van der Waals surface area contributed by atoms with E-state index in [9.17, 15) is 0 Å². The molecular weight excluding hydrogens is 354 g/mol. The Hall–Kier alpha value is -0.626. The van der Waals surface area contributed by atoms with Gasteiger partial charge in [0.2, 0.25) is 0 Å². The molecule has 0 saturated heterocycles. The minimum absolute atomic E-state index is 0.691. The molecule has 0 heterocycles. The molecule has 0 bridgehead atoms. The number of hydrogen-bond donors (Lipinski definition) is 0. The van der Waals surface area contributed by atoms with E-state index in [0.29, 0.717) is 16.6 Å². The largest absolute Gasteiger partial charge is 0.398 e. The van der Waals surface area contributed by atoms with E-state index in [-0.39, 0.29) is 0 Å². The van der Waals surface area contributed by atoms with Gasteiger partial charge in [-0.3, -0.25) is 0 Å². The van der Waals surface area contributed by atoms with Crippen LogP contribution in [0.4, 0.5) is 5.69 Å². The van der Waals surface area contributed by atoms with Gasteiger partial charge in [0.05, 0.1) is 0 Å². The van der Waals surface area contributed by atoms with Gasteiger partial charge in [0, 0.05) is 26.5 Å². The first-order valence-corrected chi connectivity index (χ1v) is 14.8. The van der Waals surface area contributed by atoms with Crippen molar-refractivity contribution in [1.29, 1.82) is 0 Å². The zero-order valence-corrected chi connectivity index (χ0v) is 20.5. The molecule has 1 rings (SSSR count). The highest BCUT2D eigenvalue weighted by molar-refractivity contribution is 6.86. The van der Waals surface area contributed by atoms with Crippen LogP contribution in [0, 0.1) is 0 Å². The van der Waals surface area contributed by atoms with Gasteiger partial charge in [-0.05, 0) is 47.8 Å². The highest BCUT2D eigenvalue weighted by Gasteiger charge is 2.48. The monoisotopic (exact) mass is 395 g/mol. The molecule has 0 amide bonds. The molecule has 5 heteroatoms. The van der Waals surface area contributed by atoms with Crippen molar-refractivity contribution in [3.63, 3.8) is 0 Å². The summed E-state index contributed by atoms with van der Waals surface area (Å²) in [6, 6.07) is 12.1. The smallest absolute Gasteiger partial charge is 0.334 e. The molecule has 0 atom stereocenters. The second-order valence-corrected chi connectivity index (χ2v) is 17.8. The molecule has 26 heavy (non-hydrogen) atoms. The van der Waals surface area contributed by atoms with Crippen LogP contribution in [0.25, 0.3) is 0 Å². The lowest BCUT2D eigenvalue weighted by Gasteiger charge is -2.52. The molecule has 0 aliphatic rings. The minimum Gasteiger partial charge on any atom is -0.398 e. The van der Waals surface area contributed by atoms with E-state index in [0.717, 1.165) is 19.0 Å². The summed E-state index contributed by atoms with van der Waals surface area (Å²) in [4.78, 5) is 0. The summed E-state index contributed by atoms with van der Waals surface area (Å²) in [5.41, 5.74) is 3.46. The Morgan fingerprint density at radius 2 is 1.31 bits per heavy atom. The summed E-state index contributed by atoms with van der Waals surface area (Å²) < 4.78 is 14.2. The molecule has 0 fully saturated rings. The summed E-state index contributed by atoms with van der Waals surface area (Å²) in [5.74, 6) is 0. The fourth-order valence-corrected chi connectivity index (χ4v) is 13.3. The van der Waals surface area contributed by atoms with Crippen molar-refractivity contribution in [3.05, 3.63) is 30.3 Å². The van der Waals surface area contributed by atoms with Crippen LogP contribution in [0.5, 0.6) is 0 Å². The van der Waals surface area contributed by atoms with Crippen molar-refractivity contribution in [2.45, 2.75) is 77.2 Å². The van der Waals surface area contributed by atoms with Crippen molar-refractivity contribution < 1.29 is 8.85 Å². The van der Waals surface area contributed by atoms with Crippen LogP contribution in [0.3, 0.4) is 0 Å². The van der Waals surface area contributed by atoms with Gasteiger partial charge in [-0.15, -0.1) is 0 Å². The van der Waals surface area contributed by atoms with Gasteiger partial charge in [-0.1, -0.05) is 59.7 Å². The zero-order chi connectivity index (χ0) is 20.0. The second kappa shape index (κ2) is 10.1. The Balaban J connectivity index is 3.24. The molecule has 0 aliphatic carbocycles. The lowest BCUT2D eigenvalue weighted by molar-refractivity contribution is 0.249. The summed E-state index contributed by atoms with van der Waals surface area (Å²) in [5, 5.41) is 0. The molecule has 150 valence electrons. The standard InChI is InChI=1S/C21H41NO2Si2/c1-18(2)26(19(3)4,20(5)6)22(21-14-11-10-12-15-21)16-13-17-25(9,23-7)24-8/h10-12,14-15,18-20H,13,16-17H2,1-9H3. The first-order valence-electron chi connectivity index (χ1n) is 10.1. The maximum Gasteiger partial charge on any atom is 0.334 e. The Morgan fingerprint density at radius 3 is 1.69 bits per heavy atom. The fraction of sp³-hybridized carbons (Fsp3) is 0.714. The first kappa shape index (κ1) is 23.4. The predicted molar refractivity (Wildman–Crippen MR) is 120 cm³/mol. The first-order chi connectivity index (χ1) is 12.2. The van der Waals surface area contributed by atoms with Crippen LogP contribution in [0.2, 0.25) is 29.2 Å². The Labute approximate surface area is 164 Å². The van der Waals surface area contributed by atoms with Crippen LogP contribution in [-0.2, 0) is 8.85 Å². The van der Waals surface area contributed by atoms with Crippen LogP contribution in [0.15, 0.2) is 30.3 Å². The van der Waals surface area contributed by atoms with E-state index in [1.807, 2.05) is 0 Å². The van der Waals surface area contributed by atoms with Crippen LogP contribution < -0.4 is 4.57 Å². The fourth-order valence-electron chi connectivity index (χ4n) is 4.94. The summed E-state index contributed by atoms with van der Waals surface area (Å²) >= 11 is 0. The molecule has 1 aromatic carbocycles. The zero-order valence-electron chi connectivity index (χ0n) is 18.5. The van der Waals surface area contributed by atoms with Gasteiger partial charge in [0.15, 0.2) is 8.24 Å². The minimum atomic E-state index is -2.02.